The number of nitrogens with one attached hydrogen (secondary N) is 1. The minimum Gasteiger partial charge on any atom is -0.378 e. The van der Waals surface area contributed by atoms with Crippen LogP contribution in [0.3, 0.4) is 0 Å². The molecule has 2 aromatic rings. The SMILES string of the molecule is Cc1ccc(NC(C)c2c(F)cccc2F)cc1I. The van der Waals surface area contributed by atoms with E-state index in [0.29, 0.717) is 0 Å². The monoisotopic (exact) mass is 373 g/mol. The maximum atomic E-state index is 13.7. The summed E-state index contributed by atoms with van der Waals surface area (Å²) >= 11 is 2.24. The van der Waals surface area contributed by atoms with Gasteiger partial charge in [0.05, 0.1) is 6.04 Å². The standard InChI is InChI=1S/C15H14F2IN/c1-9-6-7-11(8-14(9)18)19-10(2)15-12(16)4-3-5-13(15)17/h3-8,10,19H,1-2H3. The highest BCUT2D eigenvalue weighted by Gasteiger charge is 2.15. The van der Waals surface area contributed by atoms with Crippen LogP contribution in [-0.4, -0.2) is 0 Å². The van der Waals surface area contributed by atoms with Crippen molar-refractivity contribution < 1.29 is 8.78 Å². The molecule has 0 aliphatic rings. The summed E-state index contributed by atoms with van der Waals surface area (Å²) < 4.78 is 28.4. The first-order chi connectivity index (χ1) is 8.99. The van der Waals surface area contributed by atoms with Crippen LogP contribution in [0, 0.1) is 22.1 Å². The Labute approximate surface area is 125 Å². The Balaban J connectivity index is 2.25. The fourth-order valence-corrected chi connectivity index (χ4v) is 2.44. The number of halogens is 3. The first-order valence-corrected chi connectivity index (χ1v) is 7.03. The first kappa shape index (κ1) is 14.2. The van der Waals surface area contributed by atoms with Gasteiger partial charge in [0.15, 0.2) is 0 Å². The molecule has 1 N–H and O–H groups in total. The van der Waals surface area contributed by atoms with Gasteiger partial charge in [0.25, 0.3) is 0 Å². The lowest BCUT2D eigenvalue weighted by Gasteiger charge is -2.17. The number of benzene rings is 2. The van der Waals surface area contributed by atoms with E-state index in [2.05, 4.69) is 27.9 Å². The van der Waals surface area contributed by atoms with Gasteiger partial charge in [0, 0.05) is 14.8 Å². The normalized spacial score (nSPS) is 12.3. The van der Waals surface area contributed by atoms with Gasteiger partial charge < -0.3 is 5.32 Å². The molecule has 100 valence electrons. The lowest BCUT2D eigenvalue weighted by Crippen LogP contribution is -2.11. The summed E-state index contributed by atoms with van der Waals surface area (Å²) in [5.74, 6) is -1.05. The molecule has 0 saturated heterocycles. The van der Waals surface area contributed by atoms with Crippen molar-refractivity contribution in [1.29, 1.82) is 0 Å². The third-order valence-corrected chi connectivity index (χ3v) is 4.15. The third kappa shape index (κ3) is 3.23. The molecule has 1 nitrogen and oxygen atoms in total. The highest BCUT2D eigenvalue weighted by atomic mass is 127. The van der Waals surface area contributed by atoms with Crippen LogP contribution >= 0.6 is 22.6 Å². The Kier molecular flexibility index (Phi) is 4.39. The quantitative estimate of drug-likeness (QED) is 0.743. The second-order valence-corrected chi connectivity index (χ2v) is 5.63. The molecule has 2 aromatic carbocycles. The van der Waals surface area contributed by atoms with E-state index in [9.17, 15) is 8.78 Å². The molecule has 2 rings (SSSR count). The summed E-state index contributed by atoms with van der Waals surface area (Å²) in [6.07, 6.45) is 0. The van der Waals surface area contributed by atoms with Gasteiger partial charge in [-0.3, -0.25) is 0 Å². The topological polar surface area (TPSA) is 12.0 Å². The molecule has 0 heterocycles. The van der Waals surface area contributed by atoms with Crippen molar-refractivity contribution in [3.8, 4) is 0 Å². The fraction of sp³-hybridized carbons (Fsp3) is 0.200. The summed E-state index contributed by atoms with van der Waals surface area (Å²) in [7, 11) is 0. The molecule has 0 aliphatic heterocycles. The van der Waals surface area contributed by atoms with Gasteiger partial charge in [-0.1, -0.05) is 12.1 Å². The lowest BCUT2D eigenvalue weighted by atomic mass is 10.1. The van der Waals surface area contributed by atoms with Crippen molar-refractivity contribution in [3.63, 3.8) is 0 Å². The van der Waals surface area contributed by atoms with Crippen LogP contribution in [0.1, 0.15) is 24.1 Å². The number of rotatable bonds is 3. The van der Waals surface area contributed by atoms with E-state index >= 15 is 0 Å². The Bertz CT molecular complexity index is 578. The highest BCUT2D eigenvalue weighted by molar-refractivity contribution is 14.1. The summed E-state index contributed by atoms with van der Waals surface area (Å²) in [6.45, 7) is 3.76. The average molecular weight is 373 g/mol. The van der Waals surface area contributed by atoms with Crippen molar-refractivity contribution >= 4 is 28.3 Å². The average Bonchev–Trinajstić information content (AvgIpc) is 2.33. The number of anilines is 1. The van der Waals surface area contributed by atoms with Gasteiger partial charge >= 0.3 is 0 Å². The predicted octanol–water partition coefficient (Wildman–Crippen LogP) is 5.05. The Morgan fingerprint density at radius 3 is 2.32 bits per heavy atom. The molecule has 1 unspecified atom stereocenters. The highest BCUT2D eigenvalue weighted by Crippen LogP contribution is 2.25. The first-order valence-electron chi connectivity index (χ1n) is 5.95. The molecule has 0 amide bonds. The summed E-state index contributed by atoms with van der Waals surface area (Å²) in [6, 6.07) is 9.34. The number of aryl methyl sites for hydroxylation is 1. The van der Waals surface area contributed by atoms with E-state index in [4.69, 9.17) is 0 Å². The molecule has 19 heavy (non-hydrogen) atoms. The van der Waals surface area contributed by atoms with E-state index in [1.165, 1.54) is 23.8 Å². The van der Waals surface area contributed by atoms with Crippen LogP contribution in [0.5, 0.6) is 0 Å². The minimum absolute atomic E-state index is 0.0677. The summed E-state index contributed by atoms with van der Waals surface area (Å²) in [5.41, 5.74) is 2.10. The van der Waals surface area contributed by atoms with Gasteiger partial charge in [-0.05, 0) is 66.3 Å². The van der Waals surface area contributed by atoms with Crippen LogP contribution in [0.2, 0.25) is 0 Å². The summed E-state index contributed by atoms with van der Waals surface area (Å²) in [4.78, 5) is 0. The van der Waals surface area contributed by atoms with Crippen LogP contribution < -0.4 is 5.32 Å². The fourth-order valence-electron chi connectivity index (χ4n) is 1.93. The van der Waals surface area contributed by atoms with Crippen LogP contribution in [0.4, 0.5) is 14.5 Å². The van der Waals surface area contributed by atoms with Crippen LogP contribution in [0.15, 0.2) is 36.4 Å². The molecule has 1 atom stereocenters. The van der Waals surface area contributed by atoms with E-state index in [1.807, 2.05) is 25.1 Å². The van der Waals surface area contributed by atoms with Gasteiger partial charge in [-0.15, -0.1) is 0 Å². The molecule has 0 saturated carbocycles. The second-order valence-electron chi connectivity index (χ2n) is 4.47. The van der Waals surface area contributed by atoms with Crippen molar-refractivity contribution in [2.45, 2.75) is 19.9 Å². The van der Waals surface area contributed by atoms with Crippen LogP contribution in [-0.2, 0) is 0 Å². The molecule has 0 aromatic heterocycles. The maximum absolute atomic E-state index is 13.7. The molecule has 4 heteroatoms. The maximum Gasteiger partial charge on any atom is 0.131 e. The van der Waals surface area contributed by atoms with Gasteiger partial charge in [-0.25, -0.2) is 8.78 Å². The molecule has 0 aliphatic carbocycles. The minimum atomic E-state index is -0.526. The molecule has 0 radical (unpaired) electrons. The molecule has 0 bridgehead atoms. The summed E-state index contributed by atoms with van der Waals surface area (Å²) in [5, 5.41) is 3.12. The smallest absolute Gasteiger partial charge is 0.131 e. The van der Waals surface area contributed by atoms with Crippen molar-refractivity contribution in [1.82, 2.24) is 0 Å². The molecular weight excluding hydrogens is 359 g/mol. The van der Waals surface area contributed by atoms with E-state index in [0.717, 1.165) is 9.26 Å². The van der Waals surface area contributed by atoms with E-state index in [-0.39, 0.29) is 5.56 Å². The Morgan fingerprint density at radius 1 is 1.11 bits per heavy atom. The molecular formula is C15H14F2IN. The Morgan fingerprint density at radius 2 is 1.74 bits per heavy atom. The number of hydrogen-bond acceptors (Lipinski definition) is 1. The van der Waals surface area contributed by atoms with Gasteiger partial charge in [0.2, 0.25) is 0 Å². The van der Waals surface area contributed by atoms with Crippen LogP contribution in [0.25, 0.3) is 0 Å². The van der Waals surface area contributed by atoms with Crippen molar-refractivity contribution in [3.05, 3.63) is 62.7 Å². The van der Waals surface area contributed by atoms with Crippen molar-refractivity contribution in [2.24, 2.45) is 0 Å². The third-order valence-electron chi connectivity index (χ3n) is 2.99. The Hall–Kier alpha value is -1.17. The number of hydrogen-bond donors (Lipinski definition) is 1. The van der Waals surface area contributed by atoms with Gasteiger partial charge in [0.1, 0.15) is 11.6 Å². The zero-order valence-corrected chi connectivity index (χ0v) is 12.8. The molecule has 0 spiro atoms. The lowest BCUT2D eigenvalue weighted by molar-refractivity contribution is 0.544. The van der Waals surface area contributed by atoms with Crippen molar-refractivity contribution in [2.75, 3.05) is 5.32 Å². The molecule has 0 fully saturated rings. The largest absolute Gasteiger partial charge is 0.378 e. The van der Waals surface area contributed by atoms with Gasteiger partial charge in [-0.2, -0.15) is 0 Å². The zero-order valence-electron chi connectivity index (χ0n) is 10.7. The zero-order chi connectivity index (χ0) is 14.0. The van der Waals surface area contributed by atoms with E-state index < -0.39 is 17.7 Å². The predicted molar refractivity (Wildman–Crippen MR) is 82.3 cm³/mol. The second kappa shape index (κ2) is 5.86. The van der Waals surface area contributed by atoms with E-state index in [1.54, 1.807) is 6.92 Å².